The number of pyridine rings is 1. The number of piperazine rings is 1. The molecule has 0 atom stereocenters. The number of hydrogen-bond donors (Lipinski definition) is 1. The van der Waals surface area contributed by atoms with E-state index in [0.717, 1.165) is 63.3 Å². The molecule has 3 fully saturated rings. The minimum Gasteiger partial charge on any atom is -0.352 e. The molecule has 0 spiro atoms. The van der Waals surface area contributed by atoms with Gasteiger partial charge in [0.25, 0.3) is 5.56 Å². The topological polar surface area (TPSA) is 92.5 Å². The number of hydrogen-bond acceptors (Lipinski definition) is 7. The van der Waals surface area contributed by atoms with Crippen molar-refractivity contribution in [2.24, 2.45) is 0 Å². The van der Waals surface area contributed by atoms with Gasteiger partial charge in [0.2, 0.25) is 5.91 Å². The number of nitrogens with one attached hydrogen (secondary N) is 1. The Morgan fingerprint density at radius 1 is 0.905 bits per heavy atom. The van der Waals surface area contributed by atoms with Gasteiger partial charge < -0.3 is 5.32 Å². The summed E-state index contributed by atoms with van der Waals surface area (Å²) >= 11 is 1.85. The summed E-state index contributed by atoms with van der Waals surface area (Å²) in [6.45, 7) is 4.90. The van der Waals surface area contributed by atoms with Crippen molar-refractivity contribution in [3.8, 4) is 0 Å². The molecule has 0 unspecified atom stereocenters. The number of carbonyl (C=O) groups is 1. The van der Waals surface area contributed by atoms with Crippen LogP contribution in [0.2, 0.25) is 0 Å². The van der Waals surface area contributed by atoms with Crippen molar-refractivity contribution >= 4 is 28.7 Å². The highest BCUT2D eigenvalue weighted by Crippen LogP contribution is 2.30. The predicted octanol–water partition coefficient (Wildman–Crippen LogP) is 3.18. The van der Waals surface area contributed by atoms with Gasteiger partial charge in [-0.2, -0.15) is 11.8 Å². The molecule has 9 nitrogen and oxygen atoms in total. The van der Waals surface area contributed by atoms with Crippen LogP contribution in [0.4, 0.5) is 4.39 Å². The Labute approximate surface area is 249 Å². The van der Waals surface area contributed by atoms with E-state index in [1.807, 2.05) is 17.8 Å². The lowest BCUT2D eigenvalue weighted by Gasteiger charge is -2.35. The van der Waals surface area contributed by atoms with Crippen LogP contribution in [0.3, 0.4) is 0 Å². The Balaban J connectivity index is 1.06. The number of fused-ring (bicyclic) bond motifs is 1. The molecule has 1 amide bonds. The zero-order valence-corrected chi connectivity index (χ0v) is 24.7. The molecule has 1 N–H and O–H groups in total. The van der Waals surface area contributed by atoms with Gasteiger partial charge in [-0.05, 0) is 61.7 Å². The predicted molar refractivity (Wildman–Crippen MR) is 163 cm³/mol. The first-order chi connectivity index (χ1) is 20.5. The van der Waals surface area contributed by atoms with E-state index in [-0.39, 0.29) is 40.8 Å². The second-order valence-corrected chi connectivity index (χ2v) is 13.0. The summed E-state index contributed by atoms with van der Waals surface area (Å²) in [5.41, 5.74) is 0.771. The maximum absolute atomic E-state index is 14.2. The third-order valence-corrected chi connectivity index (χ3v) is 10.0. The summed E-state index contributed by atoms with van der Waals surface area (Å²) < 4.78 is 17.2. The van der Waals surface area contributed by atoms with Crippen LogP contribution in [0.25, 0.3) is 11.0 Å². The molecular weight excluding hydrogens is 555 g/mol. The van der Waals surface area contributed by atoms with Gasteiger partial charge in [0.1, 0.15) is 11.5 Å². The molecule has 0 bridgehead atoms. The Morgan fingerprint density at radius 2 is 1.57 bits per heavy atom. The normalized spacial score (nSPS) is 22.8. The van der Waals surface area contributed by atoms with E-state index in [9.17, 15) is 18.8 Å². The van der Waals surface area contributed by atoms with E-state index in [1.54, 1.807) is 4.57 Å². The Morgan fingerprint density at radius 3 is 2.29 bits per heavy atom. The average molecular weight is 595 g/mol. The molecule has 2 saturated heterocycles. The van der Waals surface area contributed by atoms with E-state index in [0.29, 0.717) is 32.2 Å². The molecule has 224 valence electrons. The van der Waals surface area contributed by atoms with Crippen LogP contribution < -0.4 is 16.6 Å². The molecule has 1 saturated carbocycles. The van der Waals surface area contributed by atoms with Crippen LogP contribution >= 0.6 is 11.8 Å². The summed E-state index contributed by atoms with van der Waals surface area (Å²) in [5, 5.41) is 3.35. The van der Waals surface area contributed by atoms with Crippen LogP contribution in [-0.2, 0) is 11.3 Å². The first kappa shape index (κ1) is 29.1. The number of thioether (sulfide) groups is 1. The number of carbonyl (C=O) groups excluding carboxylic acids is 1. The first-order valence-corrected chi connectivity index (χ1v) is 16.3. The fourth-order valence-corrected chi connectivity index (χ4v) is 7.78. The molecule has 3 aromatic rings. The smallest absolute Gasteiger partial charge is 0.333 e. The third-order valence-electron chi connectivity index (χ3n) is 8.99. The Kier molecular flexibility index (Phi) is 9.06. The number of amides is 1. The minimum atomic E-state index is -0.584. The second kappa shape index (κ2) is 13.1. The number of aromatic nitrogens is 3. The van der Waals surface area contributed by atoms with E-state index in [4.69, 9.17) is 0 Å². The molecule has 42 heavy (non-hydrogen) atoms. The summed E-state index contributed by atoms with van der Waals surface area (Å²) in [6.07, 6.45) is 5.30. The molecule has 1 aromatic carbocycles. The molecule has 6 rings (SSSR count). The lowest BCUT2D eigenvalue weighted by Crippen LogP contribution is -2.51. The Bertz CT molecular complexity index is 1510. The van der Waals surface area contributed by atoms with Crippen molar-refractivity contribution < 1.29 is 9.18 Å². The van der Waals surface area contributed by atoms with Gasteiger partial charge in [-0.3, -0.25) is 28.5 Å². The number of benzene rings is 1. The maximum Gasteiger partial charge on any atom is 0.333 e. The van der Waals surface area contributed by atoms with Crippen molar-refractivity contribution in [1.29, 1.82) is 0 Å². The van der Waals surface area contributed by atoms with Gasteiger partial charge in [-0.1, -0.05) is 30.3 Å². The summed E-state index contributed by atoms with van der Waals surface area (Å²) in [7, 11) is 0. The molecule has 2 aromatic heterocycles. The second-order valence-electron chi connectivity index (χ2n) is 11.8. The minimum absolute atomic E-state index is 0.0148. The van der Waals surface area contributed by atoms with Crippen LogP contribution in [-0.4, -0.2) is 80.1 Å². The van der Waals surface area contributed by atoms with Gasteiger partial charge in [-0.25, -0.2) is 14.2 Å². The van der Waals surface area contributed by atoms with Crippen molar-refractivity contribution in [2.75, 3.05) is 44.2 Å². The van der Waals surface area contributed by atoms with Crippen molar-refractivity contribution in [2.45, 2.75) is 63.2 Å². The van der Waals surface area contributed by atoms with Crippen LogP contribution in [0.1, 0.15) is 56.2 Å². The largest absolute Gasteiger partial charge is 0.352 e. The lowest BCUT2D eigenvalue weighted by molar-refractivity contribution is -0.123. The van der Waals surface area contributed by atoms with Crippen molar-refractivity contribution in [3.63, 3.8) is 0 Å². The van der Waals surface area contributed by atoms with Gasteiger partial charge in [0.05, 0.1) is 18.1 Å². The van der Waals surface area contributed by atoms with Gasteiger partial charge in [-0.15, -0.1) is 0 Å². The zero-order valence-electron chi connectivity index (χ0n) is 23.9. The fourth-order valence-electron chi connectivity index (χ4n) is 6.70. The van der Waals surface area contributed by atoms with Gasteiger partial charge in [0.15, 0.2) is 0 Å². The number of halogens is 1. The van der Waals surface area contributed by atoms with Crippen LogP contribution in [0, 0.1) is 5.82 Å². The molecule has 4 heterocycles. The highest BCUT2D eigenvalue weighted by molar-refractivity contribution is 7.99. The van der Waals surface area contributed by atoms with Crippen molar-refractivity contribution in [3.05, 3.63) is 74.8 Å². The molecule has 0 radical (unpaired) electrons. The first-order valence-electron chi connectivity index (χ1n) is 15.1. The van der Waals surface area contributed by atoms with Gasteiger partial charge in [0, 0.05) is 50.8 Å². The SMILES string of the molecule is O=C(CN1CCN(Cc2ccccc2)CC1)NC1CCC(n2c(=O)c3cc(F)cnc3n(C3CCSCC3)c2=O)CC1. The maximum atomic E-state index is 14.2. The third kappa shape index (κ3) is 6.48. The van der Waals surface area contributed by atoms with Crippen LogP contribution in [0.15, 0.2) is 52.2 Å². The lowest BCUT2D eigenvalue weighted by atomic mass is 9.91. The zero-order chi connectivity index (χ0) is 29.1. The number of rotatable bonds is 7. The quantitative estimate of drug-likeness (QED) is 0.449. The van der Waals surface area contributed by atoms with E-state index in [1.165, 1.54) is 16.2 Å². The summed E-state index contributed by atoms with van der Waals surface area (Å²) in [5.74, 6) is 1.32. The highest BCUT2D eigenvalue weighted by atomic mass is 32.2. The molecule has 11 heteroatoms. The van der Waals surface area contributed by atoms with E-state index < -0.39 is 11.4 Å². The fraction of sp³-hybridized carbons (Fsp3) is 0.548. The Hall–Kier alpha value is -3.02. The van der Waals surface area contributed by atoms with E-state index >= 15 is 0 Å². The summed E-state index contributed by atoms with van der Waals surface area (Å²) in [4.78, 5) is 49.0. The highest BCUT2D eigenvalue weighted by Gasteiger charge is 2.30. The van der Waals surface area contributed by atoms with Crippen molar-refractivity contribution in [1.82, 2.24) is 29.2 Å². The summed E-state index contributed by atoms with van der Waals surface area (Å²) in [6, 6.07) is 11.3. The molecule has 3 aliphatic rings. The van der Waals surface area contributed by atoms with Crippen LogP contribution in [0.5, 0.6) is 0 Å². The number of nitrogens with zero attached hydrogens (tertiary/aromatic N) is 5. The average Bonchev–Trinajstić information content (AvgIpc) is 3.00. The molecule has 2 aliphatic heterocycles. The standard InChI is InChI=1S/C31H39FN6O3S/c32-23-18-27-29(33-19-23)37(26-10-16-42-17-11-26)31(41)38(30(27)40)25-8-6-24(7-9-25)34-28(39)21-36-14-12-35(13-15-36)20-22-4-2-1-3-5-22/h1-5,18-19,24-26H,6-17,20-21H2,(H,34,39). The monoisotopic (exact) mass is 594 g/mol. The molecular formula is C31H39FN6O3S. The molecule has 1 aliphatic carbocycles. The van der Waals surface area contributed by atoms with Gasteiger partial charge >= 0.3 is 5.69 Å². The van der Waals surface area contributed by atoms with E-state index in [2.05, 4.69) is 44.4 Å².